The Bertz CT molecular complexity index is 271. The summed E-state index contributed by atoms with van der Waals surface area (Å²) in [4.78, 5) is 0. The van der Waals surface area contributed by atoms with Gasteiger partial charge in [-0.2, -0.15) is 0 Å². The second kappa shape index (κ2) is 2.86. The zero-order valence-electron chi connectivity index (χ0n) is 6.32. The molecule has 0 radical (unpaired) electrons. The van der Waals surface area contributed by atoms with Gasteiger partial charge in [-0.25, -0.2) is 8.78 Å². The van der Waals surface area contributed by atoms with E-state index in [9.17, 15) is 8.78 Å². The summed E-state index contributed by atoms with van der Waals surface area (Å²) in [5.41, 5.74) is 0.378. The van der Waals surface area contributed by atoms with Crippen LogP contribution >= 0.6 is 0 Å². The van der Waals surface area contributed by atoms with Crippen LogP contribution in [0.15, 0.2) is 12.1 Å². The average molecular weight is 158 g/mol. The maximum Gasteiger partial charge on any atom is 0.190 e. The smallest absolute Gasteiger partial charge is 0.190 e. The van der Waals surface area contributed by atoms with Gasteiger partial charge in [-0.3, -0.25) is 0 Å². The molecule has 0 unspecified atom stereocenters. The summed E-state index contributed by atoms with van der Waals surface area (Å²) >= 11 is 0. The molecule has 0 amide bonds. The Labute approximate surface area is 63.6 Å². The third kappa shape index (κ3) is 1.31. The van der Waals surface area contributed by atoms with Crippen LogP contribution in [0.5, 0.6) is 5.75 Å². The summed E-state index contributed by atoms with van der Waals surface area (Å²) in [6.07, 6.45) is 0. The normalized spacial score (nSPS) is 9.82. The van der Waals surface area contributed by atoms with Gasteiger partial charge >= 0.3 is 0 Å². The summed E-state index contributed by atoms with van der Waals surface area (Å²) in [7, 11) is 1.24. The molecule has 0 fully saturated rings. The van der Waals surface area contributed by atoms with Crippen LogP contribution in [0.25, 0.3) is 0 Å². The summed E-state index contributed by atoms with van der Waals surface area (Å²) < 4.78 is 30.1. The molecule has 1 nitrogen and oxygen atoms in total. The highest BCUT2D eigenvalue weighted by Crippen LogP contribution is 2.23. The van der Waals surface area contributed by atoms with Crippen molar-refractivity contribution in [3.63, 3.8) is 0 Å². The van der Waals surface area contributed by atoms with E-state index in [1.54, 1.807) is 6.92 Å². The Kier molecular flexibility index (Phi) is 2.08. The molecule has 0 atom stereocenters. The second-order valence-corrected chi connectivity index (χ2v) is 2.21. The lowest BCUT2D eigenvalue weighted by Gasteiger charge is -2.04. The topological polar surface area (TPSA) is 9.23 Å². The van der Waals surface area contributed by atoms with E-state index in [4.69, 9.17) is 0 Å². The van der Waals surface area contributed by atoms with Crippen molar-refractivity contribution < 1.29 is 13.5 Å². The molecule has 0 aliphatic carbocycles. The molecular formula is C8H8F2O. The molecule has 0 aliphatic heterocycles. The first-order valence-electron chi connectivity index (χ1n) is 3.15. The highest BCUT2D eigenvalue weighted by molar-refractivity contribution is 5.31. The third-order valence-corrected chi connectivity index (χ3v) is 1.45. The van der Waals surface area contributed by atoms with Gasteiger partial charge in [-0.05, 0) is 18.6 Å². The lowest BCUT2D eigenvalue weighted by molar-refractivity contribution is 0.358. The molecule has 0 bridgehead atoms. The van der Waals surface area contributed by atoms with E-state index in [1.807, 2.05) is 0 Å². The maximum absolute atomic E-state index is 12.9. The molecule has 3 heteroatoms. The van der Waals surface area contributed by atoms with Gasteiger partial charge in [0.05, 0.1) is 7.11 Å². The van der Waals surface area contributed by atoms with Crippen LogP contribution in [0.3, 0.4) is 0 Å². The van der Waals surface area contributed by atoms with Crippen molar-refractivity contribution in [2.45, 2.75) is 6.92 Å². The molecule has 0 N–H and O–H groups in total. The quantitative estimate of drug-likeness (QED) is 0.609. The first-order valence-corrected chi connectivity index (χ1v) is 3.15. The lowest BCUT2D eigenvalue weighted by atomic mass is 10.2. The number of methoxy groups -OCH3 is 1. The molecular weight excluding hydrogens is 150 g/mol. The SMILES string of the molecule is COc1c(F)ccc(C)c1F. The minimum atomic E-state index is -0.671. The summed E-state index contributed by atoms with van der Waals surface area (Å²) in [5, 5.41) is 0. The molecule has 60 valence electrons. The largest absolute Gasteiger partial charge is 0.491 e. The van der Waals surface area contributed by atoms with Crippen molar-refractivity contribution in [3.8, 4) is 5.75 Å². The second-order valence-electron chi connectivity index (χ2n) is 2.21. The first-order chi connectivity index (χ1) is 5.16. The Morgan fingerprint density at radius 1 is 1.27 bits per heavy atom. The van der Waals surface area contributed by atoms with Crippen molar-refractivity contribution in [3.05, 3.63) is 29.3 Å². The van der Waals surface area contributed by atoms with Crippen molar-refractivity contribution >= 4 is 0 Å². The molecule has 1 aromatic rings. The average Bonchev–Trinajstić information content (AvgIpc) is 1.99. The summed E-state index contributed by atoms with van der Waals surface area (Å²) in [6.45, 7) is 1.55. The predicted octanol–water partition coefficient (Wildman–Crippen LogP) is 2.28. The Balaban J connectivity index is 3.29. The van der Waals surface area contributed by atoms with E-state index in [0.717, 1.165) is 0 Å². The zero-order chi connectivity index (χ0) is 8.43. The van der Waals surface area contributed by atoms with Crippen molar-refractivity contribution in [2.24, 2.45) is 0 Å². The number of aryl methyl sites for hydroxylation is 1. The highest BCUT2D eigenvalue weighted by atomic mass is 19.1. The fraction of sp³-hybridized carbons (Fsp3) is 0.250. The van der Waals surface area contributed by atoms with E-state index in [1.165, 1.54) is 19.2 Å². The molecule has 0 heterocycles. The number of ether oxygens (including phenoxy) is 1. The first kappa shape index (κ1) is 7.98. The number of hydrogen-bond acceptors (Lipinski definition) is 1. The fourth-order valence-electron chi connectivity index (χ4n) is 0.818. The third-order valence-electron chi connectivity index (χ3n) is 1.45. The summed E-state index contributed by atoms with van der Waals surface area (Å²) in [5.74, 6) is -1.62. The van der Waals surface area contributed by atoms with Crippen molar-refractivity contribution in [2.75, 3.05) is 7.11 Å². The minimum absolute atomic E-state index is 0.315. The van der Waals surface area contributed by atoms with Gasteiger partial charge in [0.15, 0.2) is 17.4 Å². The van der Waals surface area contributed by atoms with Crippen LogP contribution < -0.4 is 4.74 Å². The monoisotopic (exact) mass is 158 g/mol. The Hall–Kier alpha value is -1.12. The number of rotatable bonds is 1. The van der Waals surface area contributed by atoms with Gasteiger partial charge in [-0.15, -0.1) is 0 Å². The minimum Gasteiger partial charge on any atom is -0.491 e. The van der Waals surface area contributed by atoms with Gasteiger partial charge in [0.1, 0.15) is 0 Å². The van der Waals surface area contributed by atoms with Crippen LogP contribution in [0, 0.1) is 18.6 Å². The van der Waals surface area contributed by atoms with Gasteiger partial charge in [0.25, 0.3) is 0 Å². The molecule has 0 aliphatic rings. The Morgan fingerprint density at radius 3 is 2.36 bits per heavy atom. The highest BCUT2D eigenvalue weighted by Gasteiger charge is 2.10. The van der Waals surface area contributed by atoms with Crippen LogP contribution in [0.4, 0.5) is 8.78 Å². The van der Waals surface area contributed by atoms with Crippen LogP contribution in [0.1, 0.15) is 5.56 Å². The van der Waals surface area contributed by atoms with E-state index < -0.39 is 11.6 Å². The zero-order valence-corrected chi connectivity index (χ0v) is 6.32. The standard InChI is InChI=1S/C8H8F2O/c1-5-3-4-6(9)8(11-2)7(5)10/h3-4H,1-2H3. The van der Waals surface area contributed by atoms with E-state index in [0.29, 0.717) is 5.56 Å². The lowest BCUT2D eigenvalue weighted by Crippen LogP contribution is -1.94. The van der Waals surface area contributed by atoms with Crippen LogP contribution in [-0.2, 0) is 0 Å². The molecule has 0 spiro atoms. The number of halogens is 2. The molecule has 0 aromatic heterocycles. The van der Waals surface area contributed by atoms with Gasteiger partial charge in [0.2, 0.25) is 0 Å². The number of hydrogen-bond donors (Lipinski definition) is 0. The molecule has 1 rings (SSSR count). The van der Waals surface area contributed by atoms with E-state index >= 15 is 0 Å². The molecule has 0 saturated heterocycles. The van der Waals surface area contributed by atoms with Crippen LogP contribution in [-0.4, -0.2) is 7.11 Å². The van der Waals surface area contributed by atoms with Crippen molar-refractivity contribution in [1.82, 2.24) is 0 Å². The van der Waals surface area contributed by atoms with Gasteiger partial charge < -0.3 is 4.74 Å². The van der Waals surface area contributed by atoms with E-state index in [-0.39, 0.29) is 5.75 Å². The van der Waals surface area contributed by atoms with Crippen molar-refractivity contribution in [1.29, 1.82) is 0 Å². The van der Waals surface area contributed by atoms with Crippen LogP contribution in [0.2, 0.25) is 0 Å². The molecule has 1 aromatic carbocycles. The molecule has 11 heavy (non-hydrogen) atoms. The van der Waals surface area contributed by atoms with Gasteiger partial charge in [0, 0.05) is 0 Å². The predicted molar refractivity (Wildman–Crippen MR) is 37.6 cm³/mol. The summed E-state index contributed by atoms with van der Waals surface area (Å²) in [6, 6.07) is 2.55. The maximum atomic E-state index is 12.9. The Morgan fingerprint density at radius 2 is 1.91 bits per heavy atom. The number of benzene rings is 1. The fourth-order valence-corrected chi connectivity index (χ4v) is 0.818. The molecule has 0 saturated carbocycles. The van der Waals surface area contributed by atoms with E-state index in [2.05, 4.69) is 4.74 Å². The van der Waals surface area contributed by atoms with Gasteiger partial charge in [-0.1, -0.05) is 6.07 Å².